The van der Waals surface area contributed by atoms with Gasteiger partial charge in [-0.1, -0.05) is 30.3 Å². The van der Waals surface area contributed by atoms with E-state index in [-0.39, 0.29) is 18.1 Å². The van der Waals surface area contributed by atoms with Crippen LogP contribution in [0.15, 0.2) is 30.3 Å². The molecule has 2 aliphatic rings. The van der Waals surface area contributed by atoms with Crippen LogP contribution >= 0.6 is 0 Å². The lowest BCUT2D eigenvalue weighted by molar-refractivity contribution is -0.140. The van der Waals surface area contributed by atoms with Crippen molar-refractivity contribution in [3.05, 3.63) is 35.9 Å². The van der Waals surface area contributed by atoms with Crippen LogP contribution in [0.1, 0.15) is 31.2 Å². The zero-order chi connectivity index (χ0) is 15.5. The molecule has 1 amide bonds. The number of aliphatic hydroxyl groups is 1. The third-order valence-corrected chi connectivity index (χ3v) is 5.01. The molecule has 1 aliphatic carbocycles. The molecule has 4 heteroatoms. The lowest BCUT2D eigenvalue weighted by atomic mass is 9.82. The third kappa shape index (κ3) is 3.50. The van der Waals surface area contributed by atoms with Crippen molar-refractivity contribution < 1.29 is 9.90 Å². The number of aliphatic hydroxyl groups excluding tert-OH is 1. The van der Waals surface area contributed by atoms with Gasteiger partial charge < -0.3 is 10.0 Å². The van der Waals surface area contributed by atoms with Gasteiger partial charge in [0, 0.05) is 19.6 Å². The molecule has 1 aliphatic heterocycles. The van der Waals surface area contributed by atoms with Gasteiger partial charge in [0.05, 0.1) is 12.1 Å². The third-order valence-electron chi connectivity index (χ3n) is 5.01. The molecule has 1 saturated heterocycles. The summed E-state index contributed by atoms with van der Waals surface area (Å²) in [6.07, 6.45) is 3.68. The van der Waals surface area contributed by atoms with E-state index in [0.29, 0.717) is 12.5 Å². The van der Waals surface area contributed by atoms with E-state index in [1.165, 1.54) is 5.56 Å². The van der Waals surface area contributed by atoms with Crippen LogP contribution in [-0.2, 0) is 11.3 Å². The lowest BCUT2D eigenvalue weighted by Crippen LogP contribution is -2.52. The summed E-state index contributed by atoms with van der Waals surface area (Å²) in [6, 6.07) is 10.2. The van der Waals surface area contributed by atoms with Crippen LogP contribution in [0.2, 0.25) is 0 Å². The molecule has 22 heavy (non-hydrogen) atoms. The normalized spacial score (nSPS) is 28.8. The zero-order valence-corrected chi connectivity index (χ0v) is 13.3. The van der Waals surface area contributed by atoms with Crippen LogP contribution in [0.25, 0.3) is 0 Å². The molecule has 0 bridgehead atoms. The highest BCUT2D eigenvalue weighted by Crippen LogP contribution is 2.29. The first-order valence-corrected chi connectivity index (χ1v) is 8.34. The zero-order valence-electron chi connectivity index (χ0n) is 13.3. The monoisotopic (exact) mass is 302 g/mol. The summed E-state index contributed by atoms with van der Waals surface area (Å²) in [5.74, 6) is 0.815. The molecule has 120 valence electrons. The van der Waals surface area contributed by atoms with Gasteiger partial charge in [-0.3, -0.25) is 9.69 Å². The number of carbonyl (C=O) groups excluding carboxylic acids is 1. The van der Waals surface area contributed by atoms with E-state index in [1.807, 2.05) is 23.1 Å². The summed E-state index contributed by atoms with van der Waals surface area (Å²) < 4.78 is 0. The average molecular weight is 302 g/mol. The topological polar surface area (TPSA) is 43.8 Å². The van der Waals surface area contributed by atoms with E-state index in [1.54, 1.807) is 0 Å². The molecule has 2 fully saturated rings. The Labute approximate surface area is 132 Å². The molecule has 1 heterocycles. The highest BCUT2D eigenvalue weighted by atomic mass is 16.3. The minimum absolute atomic E-state index is 0.00945. The second-order valence-electron chi connectivity index (χ2n) is 6.83. The summed E-state index contributed by atoms with van der Waals surface area (Å²) in [7, 11) is 2.05. The van der Waals surface area contributed by atoms with Crippen LogP contribution in [0, 0.1) is 5.92 Å². The summed E-state index contributed by atoms with van der Waals surface area (Å²) in [4.78, 5) is 17.0. The quantitative estimate of drug-likeness (QED) is 0.903. The molecule has 0 aromatic heterocycles. The Kier molecular flexibility index (Phi) is 4.79. The van der Waals surface area contributed by atoms with Crippen LogP contribution in [-0.4, -0.2) is 53.1 Å². The Morgan fingerprint density at radius 1 is 1.27 bits per heavy atom. The molecule has 0 radical (unpaired) electrons. The minimum Gasteiger partial charge on any atom is -0.393 e. The molecule has 1 unspecified atom stereocenters. The summed E-state index contributed by atoms with van der Waals surface area (Å²) in [5, 5.41) is 9.41. The number of likely N-dealkylation sites (N-methyl/N-ethyl adjacent to an activating group) is 1. The highest BCUT2D eigenvalue weighted by molar-refractivity contribution is 5.82. The maximum absolute atomic E-state index is 12.8. The van der Waals surface area contributed by atoms with Crippen molar-refractivity contribution in [3.63, 3.8) is 0 Å². The largest absolute Gasteiger partial charge is 0.393 e. The van der Waals surface area contributed by atoms with Gasteiger partial charge in [0.1, 0.15) is 0 Å². The van der Waals surface area contributed by atoms with Crippen molar-refractivity contribution in [2.24, 2.45) is 5.92 Å². The highest BCUT2D eigenvalue weighted by Gasteiger charge is 2.35. The van der Waals surface area contributed by atoms with Gasteiger partial charge in [-0.15, -0.1) is 0 Å². The fraction of sp³-hybridized carbons (Fsp3) is 0.611. The van der Waals surface area contributed by atoms with Gasteiger partial charge in [0.15, 0.2) is 0 Å². The summed E-state index contributed by atoms with van der Waals surface area (Å²) in [6.45, 7) is 2.50. The molecule has 1 aromatic carbocycles. The molecule has 1 saturated carbocycles. The molecule has 1 N–H and O–H groups in total. The number of hydrogen-bond acceptors (Lipinski definition) is 3. The predicted molar refractivity (Wildman–Crippen MR) is 86.2 cm³/mol. The van der Waals surface area contributed by atoms with Crippen molar-refractivity contribution in [3.8, 4) is 0 Å². The summed E-state index contributed by atoms with van der Waals surface area (Å²) in [5.41, 5.74) is 1.20. The van der Waals surface area contributed by atoms with Crippen LogP contribution in [0.3, 0.4) is 0 Å². The van der Waals surface area contributed by atoms with Gasteiger partial charge in [-0.05, 0) is 44.2 Å². The predicted octanol–water partition coefficient (Wildman–Crippen LogP) is 1.88. The fourth-order valence-corrected chi connectivity index (χ4v) is 3.67. The summed E-state index contributed by atoms with van der Waals surface area (Å²) >= 11 is 0. The maximum atomic E-state index is 12.8. The molecule has 1 atom stereocenters. The second kappa shape index (κ2) is 6.80. The van der Waals surface area contributed by atoms with E-state index in [2.05, 4.69) is 24.1 Å². The molecular weight excluding hydrogens is 276 g/mol. The average Bonchev–Trinajstić information content (AvgIpc) is 2.49. The first kappa shape index (κ1) is 15.5. The van der Waals surface area contributed by atoms with Crippen molar-refractivity contribution in [2.75, 3.05) is 20.1 Å². The molecule has 4 nitrogen and oxygen atoms in total. The SMILES string of the molecule is CN(CC1CC(O)C1)C1CCCN(Cc2ccccc2)C1=O. The number of piperidine rings is 1. The first-order valence-electron chi connectivity index (χ1n) is 8.34. The van der Waals surface area contributed by atoms with Crippen molar-refractivity contribution >= 4 is 5.91 Å². The molecule has 0 spiro atoms. The Morgan fingerprint density at radius 2 is 2.00 bits per heavy atom. The van der Waals surface area contributed by atoms with E-state index >= 15 is 0 Å². The first-order chi connectivity index (χ1) is 10.6. The number of carbonyl (C=O) groups is 1. The van der Waals surface area contributed by atoms with Crippen molar-refractivity contribution in [1.82, 2.24) is 9.80 Å². The van der Waals surface area contributed by atoms with Gasteiger partial charge in [0.25, 0.3) is 0 Å². The van der Waals surface area contributed by atoms with E-state index in [4.69, 9.17) is 0 Å². The number of benzene rings is 1. The number of nitrogens with zero attached hydrogens (tertiary/aromatic N) is 2. The Bertz CT molecular complexity index is 499. The molecule has 3 rings (SSSR count). The van der Waals surface area contributed by atoms with Crippen molar-refractivity contribution in [2.45, 2.75) is 44.4 Å². The van der Waals surface area contributed by atoms with E-state index in [9.17, 15) is 9.90 Å². The van der Waals surface area contributed by atoms with Crippen LogP contribution in [0.5, 0.6) is 0 Å². The lowest BCUT2D eigenvalue weighted by Gasteiger charge is -2.40. The maximum Gasteiger partial charge on any atom is 0.240 e. The van der Waals surface area contributed by atoms with E-state index < -0.39 is 0 Å². The van der Waals surface area contributed by atoms with E-state index in [0.717, 1.165) is 38.8 Å². The number of rotatable bonds is 5. The number of likely N-dealkylation sites (tertiary alicyclic amines) is 1. The number of amides is 1. The molecule has 1 aromatic rings. The van der Waals surface area contributed by atoms with Crippen LogP contribution in [0.4, 0.5) is 0 Å². The standard InChI is InChI=1S/C18H26N2O2/c1-19(12-15-10-16(21)11-15)17-8-5-9-20(18(17)22)13-14-6-3-2-4-7-14/h2-4,6-7,15-17,21H,5,8-13H2,1H3. The van der Waals surface area contributed by atoms with Gasteiger partial charge in [0.2, 0.25) is 5.91 Å². The van der Waals surface area contributed by atoms with Gasteiger partial charge >= 0.3 is 0 Å². The Balaban J connectivity index is 1.57. The Hall–Kier alpha value is -1.39. The smallest absolute Gasteiger partial charge is 0.240 e. The minimum atomic E-state index is -0.116. The fourth-order valence-electron chi connectivity index (χ4n) is 3.67. The second-order valence-corrected chi connectivity index (χ2v) is 6.83. The van der Waals surface area contributed by atoms with Crippen molar-refractivity contribution in [1.29, 1.82) is 0 Å². The number of hydrogen-bond donors (Lipinski definition) is 1. The Morgan fingerprint density at radius 3 is 2.68 bits per heavy atom. The van der Waals surface area contributed by atoms with Crippen LogP contribution < -0.4 is 0 Å². The van der Waals surface area contributed by atoms with Gasteiger partial charge in [-0.2, -0.15) is 0 Å². The van der Waals surface area contributed by atoms with Gasteiger partial charge in [-0.25, -0.2) is 0 Å². The molecular formula is C18H26N2O2.